The first kappa shape index (κ1) is 17.3. The van der Waals surface area contributed by atoms with Gasteiger partial charge in [0.1, 0.15) is 11.8 Å². The summed E-state index contributed by atoms with van der Waals surface area (Å²) in [6.07, 6.45) is -0.422. The van der Waals surface area contributed by atoms with Crippen LogP contribution in [0.15, 0.2) is 24.3 Å². The van der Waals surface area contributed by atoms with Crippen LogP contribution in [0.5, 0.6) is 5.75 Å². The van der Waals surface area contributed by atoms with Crippen molar-refractivity contribution in [1.82, 2.24) is 5.32 Å². The molecule has 0 aromatic heterocycles. The molecule has 6 heteroatoms. The largest absolute Gasteiger partial charge is 0.481 e. The van der Waals surface area contributed by atoms with Gasteiger partial charge in [-0.05, 0) is 43.5 Å². The molecule has 0 saturated carbocycles. The minimum Gasteiger partial charge on any atom is -0.481 e. The first-order valence-electron chi connectivity index (χ1n) is 6.75. The lowest BCUT2D eigenvalue weighted by molar-refractivity contribution is -0.143. The second-order valence-corrected chi connectivity index (χ2v) is 5.68. The van der Waals surface area contributed by atoms with Crippen molar-refractivity contribution in [2.75, 3.05) is 0 Å². The van der Waals surface area contributed by atoms with Gasteiger partial charge >= 0.3 is 5.97 Å². The lowest BCUT2D eigenvalue weighted by Gasteiger charge is -2.20. The summed E-state index contributed by atoms with van der Waals surface area (Å²) >= 11 is 5.76. The molecular weight excluding hydrogens is 294 g/mol. The van der Waals surface area contributed by atoms with Crippen LogP contribution in [0.4, 0.5) is 0 Å². The standard InChI is InChI=1S/C15H20ClNO4/c1-9(2)8-13(15(19)20)17-14(18)10(3)21-12-6-4-11(16)5-7-12/h4-7,9-10,13H,8H2,1-3H3,(H,17,18)(H,19,20)/t10?,13-/m0/s1. The van der Waals surface area contributed by atoms with E-state index in [9.17, 15) is 9.59 Å². The molecule has 0 fully saturated rings. The van der Waals surface area contributed by atoms with Crippen LogP contribution >= 0.6 is 11.6 Å². The number of rotatable bonds is 7. The van der Waals surface area contributed by atoms with Crippen molar-refractivity contribution < 1.29 is 19.4 Å². The van der Waals surface area contributed by atoms with Gasteiger partial charge in [-0.25, -0.2) is 4.79 Å². The van der Waals surface area contributed by atoms with Gasteiger partial charge in [0.15, 0.2) is 6.10 Å². The van der Waals surface area contributed by atoms with Crippen molar-refractivity contribution >= 4 is 23.5 Å². The number of ether oxygens (including phenoxy) is 1. The van der Waals surface area contributed by atoms with Crippen molar-refractivity contribution in [2.45, 2.75) is 39.3 Å². The summed E-state index contributed by atoms with van der Waals surface area (Å²) in [5.74, 6) is -0.842. The number of carboxylic acid groups (broad SMARTS) is 1. The number of carbonyl (C=O) groups excluding carboxylic acids is 1. The summed E-state index contributed by atoms with van der Waals surface area (Å²) in [6.45, 7) is 5.36. The summed E-state index contributed by atoms with van der Waals surface area (Å²) < 4.78 is 5.45. The number of aliphatic carboxylic acids is 1. The average Bonchev–Trinajstić information content (AvgIpc) is 2.39. The molecule has 0 spiro atoms. The van der Waals surface area contributed by atoms with Crippen molar-refractivity contribution in [3.63, 3.8) is 0 Å². The molecule has 1 aromatic carbocycles. The Morgan fingerprint density at radius 2 is 1.81 bits per heavy atom. The lowest BCUT2D eigenvalue weighted by atomic mass is 10.0. The van der Waals surface area contributed by atoms with Crippen molar-refractivity contribution in [1.29, 1.82) is 0 Å². The van der Waals surface area contributed by atoms with E-state index in [0.717, 1.165) is 0 Å². The van der Waals surface area contributed by atoms with Crippen molar-refractivity contribution in [3.8, 4) is 5.75 Å². The molecule has 2 N–H and O–H groups in total. The third-order valence-electron chi connectivity index (χ3n) is 2.82. The molecule has 0 aliphatic rings. The lowest BCUT2D eigenvalue weighted by Crippen LogP contribution is -2.46. The summed E-state index contributed by atoms with van der Waals surface area (Å²) in [5, 5.41) is 12.2. The number of carbonyl (C=O) groups is 2. The Labute approximate surface area is 129 Å². The van der Waals surface area contributed by atoms with Gasteiger partial charge < -0.3 is 15.2 Å². The molecule has 0 saturated heterocycles. The van der Waals surface area contributed by atoms with E-state index >= 15 is 0 Å². The maximum Gasteiger partial charge on any atom is 0.326 e. The molecule has 0 aliphatic carbocycles. The average molecular weight is 314 g/mol. The topological polar surface area (TPSA) is 75.6 Å². The van der Waals surface area contributed by atoms with E-state index in [1.807, 2.05) is 13.8 Å². The summed E-state index contributed by atoms with van der Waals surface area (Å²) in [7, 11) is 0. The predicted octanol–water partition coefficient (Wildman–Crippen LogP) is 2.72. The van der Waals surface area contributed by atoms with Gasteiger partial charge in [0, 0.05) is 5.02 Å². The highest BCUT2D eigenvalue weighted by Gasteiger charge is 2.24. The highest BCUT2D eigenvalue weighted by molar-refractivity contribution is 6.30. The molecule has 0 bridgehead atoms. The van der Waals surface area contributed by atoms with E-state index in [0.29, 0.717) is 17.2 Å². The Kier molecular flexibility index (Phi) is 6.49. The molecule has 0 aliphatic heterocycles. The van der Waals surface area contributed by atoms with Gasteiger partial charge in [-0.2, -0.15) is 0 Å². The first-order valence-corrected chi connectivity index (χ1v) is 7.12. The molecule has 116 valence electrons. The van der Waals surface area contributed by atoms with Gasteiger partial charge in [0.2, 0.25) is 0 Å². The van der Waals surface area contributed by atoms with Gasteiger partial charge in [0.25, 0.3) is 5.91 Å². The molecular formula is C15H20ClNO4. The molecule has 21 heavy (non-hydrogen) atoms. The van der Waals surface area contributed by atoms with Crippen LogP contribution in [-0.4, -0.2) is 29.1 Å². The molecule has 1 unspecified atom stereocenters. The Morgan fingerprint density at radius 3 is 2.29 bits per heavy atom. The van der Waals surface area contributed by atoms with E-state index < -0.39 is 24.0 Å². The van der Waals surface area contributed by atoms with Gasteiger partial charge in [-0.3, -0.25) is 4.79 Å². The zero-order chi connectivity index (χ0) is 16.0. The third kappa shape index (κ3) is 6.04. The molecule has 0 radical (unpaired) electrons. The fourth-order valence-corrected chi connectivity index (χ4v) is 1.88. The Hall–Kier alpha value is -1.75. The van der Waals surface area contributed by atoms with Crippen LogP contribution in [0, 0.1) is 5.92 Å². The van der Waals surface area contributed by atoms with Crippen LogP contribution in [0.3, 0.4) is 0 Å². The maximum absolute atomic E-state index is 12.0. The van der Waals surface area contributed by atoms with E-state index in [4.69, 9.17) is 21.4 Å². The van der Waals surface area contributed by atoms with Crippen LogP contribution in [0.2, 0.25) is 5.02 Å². The normalized spacial score (nSPS) is 13.6. The SMILES string of the molecule is CC(C)C[C@H](NC(=O)C(C)Oc1ccc(Cl)cc1)C(=O)O. The van der Waals surface area contributed by atoms with E-state index in [1.165, 1.54) is 0 Å². The number of carboxylic acids is 1. The quantitative estimate of drug-likeness (QED) is 0.811. The molecule has 1 amide bonds. The number of nitrogens with one attached hydrogen (secondary N) is 1. The summed E-state index contributed by atoms with van der Waals surface area (Å²) in [6, 6.07) is 5.69. The third-order valence-corrected chi connectivity index (χ3v) is 3.07. The van der Waals surface area contributed by atoms with E-state index in [2.05, 4.69) is 5.32 Å². The Balaban J connectivity index is 2.60. The Bertz CT molecular complexity index is 487. The highest BCUT2D eigenvalue weighted by Crippen LogP contribution is 2.17. The van der Waals surface area contributed by atoms with Crippen molar-refractivity contribution in [3.05, 3.63) is 29.3 Å². The molecule has 2 atom stereocenters. The zero-order valence-corrected chi connectivity index (χ0v) is 13.1. The minimum atomic E-state index is -1.05. The zero-order valence-electron chi connectivity index (χ0n) is 12.3. The fraction of sp³-hybridized carbons (Fsp3) is 0.467. The van der Waals surface area contributed by atoms with Crippen LogP contribution in [0.25, 0.3) is 0 Å². The number of benzene rings is 1. The molecule has 0 heterocycles. The minimum absolute atomic E-state index is 0.166. The van der Waals surface area contributed by atoms with Crippen LogP contribution in [0.1, 0.15) is 27.2 Å². The maximum atomic E-state index is 12.0. The first-order chi connectivity index (χ1) is 9.79. The van der Waals surface area contributed by atoms with Crippen molar-refractivity contribution in [2.24, 2.45) is 5.92 Å². The summed E-state index contributed by atoms with van der Waals surface area (Å²) in [5.41, 5.74) is 0. The molecule has 1 aromatic rings. The molecule has 1 rings (SSSR count). The second-order valence-electron chi connectivity index (χ2n) is 5.24. The van der Waals surface area contributed by atoms with Gasteiger partial charge in [-0.1, -0.05) is 25.4 Å². The van der Waals surface area contributed by atoms with Gasteiger partial charge in [-0.15, -0.1) is 0 Å². The highest BCUT2D eigenvalue weighted by atomic mass is 35.5. The number of amides is 1. The molecule has 5 nitrogen and oxygen atoms in total. The number of hydrogen-bond donors (Lipinski definition) is 2. The van der Waals surface area contributed by atoms with Crippen LogP contribution < -0.4 is 10.1 Å². The predicted molar refractivity (Wildman–Crippen MR) is 80.6 cm³/mol. The number of halogens is 1. The van der Waals surface area contributed by atoms with Gasteiger partial charge in [0.05, 0.1) is 0 Å². The Morgan fingerprint density at radius 1 is 1.24 bits per heavy atom. The monoisotopic (exact) mass is 313 g/mol. The van der Waals surface area contributed by atoms with Crippen LogP contribution in [-0.2, 0) is 9.59 Å². The fourth-order valence-electron chi connectivity index (χ4n) is 1.75. The van der Waals surface area contributed by atoms with E-state index in [1.54, 1.807) is 31.2 Å². The number of hydrogen-bond acceptors (Lipinski definition) is 3. The summed E-state index contributed by atoms with van der Waals surface area (Å²) in [4.78, 5) is 23.1. The second kappa shape index (κ2) is 7.88. The van der Waals surface area contributed by atoms with E-state index in [-0.39, 0.29) is 5.92 Å². The smallest absolute Gasteiger partial charge is 0.326 e.